The summed E-state index contributed by atoms with van der Waals surface area (Å²) in [6.45, 7) is 3.71. The van der Waals surface area contributed by atoms with E-state index in [0.29, 0.717) is 16.9 Å². The van der Waals surface area contributed by atoms with E-state index in [4.69, 9.17) is 0 Å². The Morgan fingerprint density at radius 2 is 1.98 bits per heavy atom. The molecule has 0 aliphatic heterocycles. The molecule has 0 aliphatic rings. The molecule has 3 N–H and O–H groups in total. The van der Waals surface area contributed by atoms with Crippen LogP contribution < -0.4 is 16.2 Å². The maximum atomic E-state index is 14.5. The molecule has 0 radical (unpaired) electrons. The number of amides is 3. The number of fused-ring (bicyclic) bond motifs is 1. The number of nitrogens with zero attached hydrogens (tertiary/aromatic N) is 3. The van der Waals surface area contributed by atoms with E-state index in [1.165, 1.54) is 27.8 Å². The molecule has 11 nitrogen and oxygen atoms in total. The molecule has 3 rings (SSSR count). The zero-order chi connectivity index (χ0) is 30.3. The third kappa shape index (κ3) is 7.99. The predicted octanol–water partition coefficient (Wildman–Crippen LogP) is 3.34. The van der Waals surface area contributed by atoms with E-state index in [2.05, 4.69) is 25.3 Å². The quantitative estimate of drug-likeness (QED) is 0.301. The van der Waals surface area contributed by atoms with Crippen LogP contribution in [-0.2, 0) is 27.3 Å². The highest BCUT2D eigenvalue weighted by Gasteiger charge is 2.22. The molecular formula is C28H34F2N6O5. The average Bonchev–Trinajstić information content (AvgIpc) is 3.31. The first-order valence-electron chi connectivity index (χ1n) is 13.0. The number of pyridine rings is 1. The van der Waals surface area contributed by atoms with Crippen molar-refractivity contribution in [2.24, 2.45) is 5.92 Å². The van der Waals surface area contributed by atoms with E-state index in [1.807, 2.05) is 13.8 Å². The third-order valence-electron chi connectivity index (χ3n) is 6.14. The monoisotopic (exact) mass is 572 g/mol. The first-order valence-corrected chi connectivity index (χ1v) is 13.0. The number of carbonyl (C=O) groups is 3. The second-order valence-corrected chi connectivity index (χ2v) is 10.1. The van der Waals surface area contributed by atoms with Gasteiger partial charge in [0.2, 0.25) is 11.8 Å². The zero-order valence-corrected chi connectivity index (χ0v) is 23.6. The van der Waals surface area contributed by atoms with Crippen LogP contribution in [0.4, 0.5) is 19.3 Å². The van der Waals surface area contributed by atoms with Gasteiger partial charge in [-0.1, -0.05) is 19.9 Å². The smallest absolute Gasteiger partial charge is 0.407 e. The molecule has 0 fully saturated rings. The predicted molar refractivity (Wildman–Crippen MR) is 149 cm³/mol. The molecule has 0 aliphatic carbocycles. The number of halogens is 2. The van der Waals surface area contributed by atoms with Gasteiger partial charge >= 0.3 is 6.09 Å². The highest BCUT2D eigenvalue weighted by atomic mass is 19.2. The minimum Gasteiger partial charge on any atom is -0.453 e. The summed E-state index contributed by atoms with van der Waals surface area (Å²) < 4.78 is 34.6. The van der Waals surface area contributed by atoms with Gasteiger partial charge in [0.05, 0.1) is 24.7 Å². The van der Waals surface area contributed by atoms with Gasteiger partial charge in [0.15, 0.2) is 11.6 Å². The highest BCUT2D eigenvalue weighted by molar-refractivity contribution is 5.96. The fourth-order valence-corrected chi connectivity index (χ4v) is 4.08. The van der Waals surface area contributed by atoms with E-state index in [9.17, 15) is 28.0 Å². The van der Waals surface area contributed by atoms with Crippen LogP contribution in [0.3, 0.4) is 0 Å². The van der Waals surface area contributed by atoms with Crippen LogP contribution in [0.5, 0.6) is 0 Å². The molecule has 0 saturated heterocycles. The fraction of sp³-hybridized carbons (Fsp3) is 0.393. The molecule has 3 aromatic rings. The van der Waals surface area contributed by atoms with Gasteiger partial charge in [0, 0.05) is 31.9 Å². The normalized spacial score (nSPS) is 12.1. The Kier molecular flexibility index (Phi) is 10.3. The summed E-state index contributed by atoms with van der Waals surface area (Å²) in [5.41, 5.74) is 0.153. The first-order chi connectivity index (χ1) is 19.4. The van der Waals surface area contributed by atoms with Crippen molar-refractivity contribution in [3.8, 4) is 0 Å². The topological polar surface area (TPSA) is 138 Å². The molecule has 0 spiro atoms. The lowest BCUT2D eigenvalue weighted by Crippen LogP contribution is -2.44. The lowest BCUT2D eigenvalue weighted by Gasteiger charge is -2.17. The Balaban J connectivity index is 1.80. The standard InChI is InChI=1S/C28H34F2N6O5/c1-16(2)13-17-24(30)18(29)14-21-25(17)34-22(31-21)15-36-12-8-10-20(27(36)39)32-26(38)19(33-28(40)41-5)9-6-7-11-23(37)35(3)4/h7-8,10-12,14,16,19H,6,9,13,15H2,1-5H3,(H,31,34)(H,32,38)(H,33,40). The van der Waals surface area contributed by atoms with Gasteiger partial charge in [0.1, 0.15) is 17.6 Å². The van der Waals surface area contributed by atoms with Crippen molar-refractivity contribution in [3.63, 3.8) is 0 Å². The number of methoxy groups -OCH3 is 1. The Bertz CT molecular complexity index is 1510. The number of likely N-dealkylation sites (N-methyl/N-ethyl adjacent to an activating group) is 1. The van der Waals surface area contributed by atoms with Crippen LogP contribution in [0.2, 0.25) is 0 Å². The number of H-pyrrole nitrogens is 1. The van der Waals surface area contributed by atoms with Crippen molar-refractivity contribution in [3.05, 3.63) is 69.9 Å². The number of hydrogen-bond acceptors (Lipinski definition) is 6. The number of anilines is 1. The van der Waals surface area contributed by atoms with Crippen molar-refractivity contribution in [2.75, 3.05) is 26.5 Å². The number of nitrogens with one attached hydrogen (secondary N) is 3. The molecule has 41 heavy (non-hydrogen) atoms. The SMILES string of the molecule is COC(=O)NC(CCC=CC(=O)N(C)C)C(=O)Nc1cccn(Cc2nc3c(CC(C)C)c(F)c(F)cc3[nH]2)c1=O. The second-order valence-electron chi connectivity index (χ2n) is 10.1. The van der Waals surface area contributed by atoms with Gasteiger partial charge in [-0.3, -0.25) is 14.4 Å². The summed E-state index contributed by atoms with van der Waals surface area (Å²) in [4.78, 5) is 58.5. The van der Waals surface area contributed by atoms with Crippen LogP contribution in [0.25, 0.3) is 11.0 Å². The summed E-state index contributed by atoms with van der Waals surface area (Å²) in [5.74, 6) is -2.46. The maximum absolute atomic E-state index is 14.5. The van der Waals surface area contributed by atoms with Gasteiger partial charge in [-0.05, 0) is 43.4 Å². The number of aromatic nitrogens is 3. The molecule has 13 heteroatoms. The van der Waals surface area contributed by atoms with Crippen molar-refractivity contribution in [1.29, 1.82) is 0 Å². The molecule has 2 heterocycles. The van der Waals surface area contributed by atoms with Crippen LogP contribution in [0.15, 0.2) is 41.3 Å². The molecular weight excluding hydrogens is 538 g/mol. The minimum atomic E-state index is -1.06. The Hall–Kier alpha value is -4.55. The lowest BCUT2D eigenvalue weighted by molar-refractivity contribution is -0.123. The molecule has 3 amide bonds. The van der Waals surface area contributed by atoms with E-state index < -0.39 is 35.2 Å². The molecule has 1 atom stereocenters. The number of allylic oxidation sites excluding steroid dienone is 1. The second kappa shape index (κ2) is 13.7. The molecule has 220 valence electrons. The zero-order valence-electron chi connectivity index (χ0n) is 23.6. The van der Waals surface area contributed by atoms with E-state index in [-0.39, 0.29) is 48.9 Å². The van der Waals surface area contributed by atoms with Crippen LogP contribution >= 0.6 is 0 Å². The number of aromatic amines is 1. The summed E-state index contributed by atoms with van der Waals surface area (Å²) in [5, 5.41) is 4.96. The van der Waals surface area contributed by atoms with Gasteiger partial charge in [-0.15, -0.1) is 0 Å². The fourth-order valence-electron chi connectivity index (χ4n) is 4.08. The number of ether oxygens (including phenoxy) is 1. The molecule has 1 unspecified atom stereocenters. The minimum absolute atomic E-state index is 0.0545. The van der Waals surface area contributed by atoms with Gasteiger partial charge in [0.25, 0.3) is 5.56 Å². The summed E-state index contributed by atoms with van der Waals surface area (Å²) in [6.07, 6.45) is 4.28. The largest absolute Gasteiger partial charge is 0.453 e. The number of benzene rings is 1. The molecule has 2 aromatic heterocycles. The maximum Gasteiger partial charge on any atom is 0.407 e. The van der Waals surface area contributed by atoms with Gasteiger partial charge in [-0.2, -0.15) is 0 Å². The van der Waals surface area contributed by atoms with E-state index in [1.54, 1.807) is 26.2 Å². The first kappa shape index (κ1) is 31.0. The number of hydrogen-bond donors (Lipinski definition) is 3. The van der Waals surface area contributed by atoms with E-state index >= 15 is 0 Å². The van der Waals surface area contributed by atoms with E-state index in [0.717, 1.165) is 13.2 Å². The van der Waals surface area contributed by atoms with Crippen molar-refractivity contribution < 1.29 is 27.9 Å². The van der Waals surface area contributed by atoms with Crippen molar-refractivity contribution in [2.45, 2.75) is 45.7 Å². The highest BCUT2D eigenvalue weighted by Crippen LogP contribution is 2.25. The number of carbonyl (C=O) groups excluding carboxylic acids is 3. The molecule has 0 bridgehead atoms. The van der Waals surface area contributed by atoms with Gasteiger partial charge < -0.3 is 29.8 Å². The lowest BCUT2D eigenvalue weighted by atomic mass is 10.0. The Morgan fingerprint density at radius 1 is 1.24 bits per heavy atom. The molecule has 1 aromatic carbocycles. The third-order valence-corrected chi connectivity index (χ3v) is 6.14. The Morgan fingerprint density at radius 3 is 2.63 bits per heavy atom. The van der Waals surface area contributed by atoms with Crippen molar-refractivity contribution >= 4 is 34.6 Å². The van der Waals surface area contributed by atoms with Gasteiger partial charge in [-0.25, -0.2) is 18.6 Å². The Labute approximate surface area is 235 Å². The summed E-state index contributed by atoms with van der Waals surface area (Å²) in [6, 6.07) is 2.92. The van der Waals surface area contributed by atoms with Crippen LogP contribution in [0, 0.1) is 17.6 Å². The van der Waals surface area contributed by atoms with Crippen molar-refractivity contribution in [1.82, 2.24) is 24.8 Å². The summed E-state index contributed by atoms with van der Waals surface area (Å²) >= 11 is 0. The number of imidazole rings is 1. The molecule has 0 saturated carbocycles. The summed E-state index contributed by atoms with van der Waals surface area (Å²) in [7, 11) is 4.36. The average molecular weight is 573 g/mol. The number of rotatable bonds is 11. The van der Waals surface area contributed by atoms with Crippen LogP contribution in [-0.4, -0.2) is 64.6 Å². The number of alkyl carbamates (subject to hydrolysis) is 1. The van der Waals surface area contributed by atoms with Crippen LogP contribution in [0.1, 0.15) is 38.1 Å².